The first kappa shape index (κ1) is 14.0. The number of fused-ring (bicyclic) bond motifs is 1. The normalized spacial score (nSPS) is 18.4. The SMILES string of the molecule is Cc1nnc(CN2CC(Cn3nc4c(cc3=O)CCC4)C2)s1. The van der Waals surface area contributed by atoms with Crippen molar-refractivity contribution in [2.75, 3.05) is 13.1 Å². The average Bonchev–Trinajstić information content (AvgIpc) is 3.05. The molecule has 4 rings (SSSR count). The molecule has 0 aromatic carbocycles. The Bertz CT molecular complexity index is 747. The van der Waals surface area contributed by atoms with Crippen molar-refractivity contribution >= 4 is 11.3 Å². The summed E-state index contributed by atoms with van der Waals surface area (Å²) in [6, 6.07) is 1.79. The third-order valence-corrected chi connectivity index (χ3v) is 5.24. The quantitative estimate of drug-likeness (QED) is 0.842. The van der Waals surface area contributed by atoms with E-state index >= 15 is 0 Å². The Hall–Kier alpha value is -1.60. The maximum absolute atomic E-state index is 12.1. The van der Waals surface area contributed by atoms with Crippen molar-refractivity contribution in [3.05, 3.63) is 37.7 Å². The predicted octanol–water partition coefficient (Wildman–Crippen LogP) is 1.02. The summed E-state index contributed by atoms with van der Waals surface area (Å²) in [5, 5.41) is 14.8. The van der Waals surface area contributed by atoms with Gasteiger partial charge >= 0.3 is 0 Å². The van der Waals surface area contributed by atoms with Crippen LogP contribution in [-0.2, 0) is 25.9 Å². The fourth-order valence-corrected chi connectivity index (χ4v) is 4.08. The maximum Gasteiger partial charge on any atom is 0.267 e. The molecule has 1 saturated heterocycles. The van der Waals surface area contributed by atoms with Gasteiger partial charge in [0.05, 0.1) is 18.8 Å². The minimum Gasteiger partial charge on any atom is -0.296 e. The summed E-state index contributed by atoms with van der Waals surface area (Å²) in [6.45, 7) is 5.59. The second-order valence-corrected chi connectivity index (χ2v) is 7.53. The number of hydrogen-bond donors (Lipinski definition) is 0. The number of aromatic nitrogens is 4. The van der Waals surface area contributed by atoms with Crippen LogP contribution in [0.2, 0.25) is 0 Å². The second-order valence-electron chi connectivity index (χ2n) is 6.27. The van der Waals surface area contributed by atoms with Crippen molar-refractivity contribution in [2.45, 2.75) is 39.3 Å². The van der Waals surface area contributed by atoms with E-state index in [1.165, 1.54) is 0 Å². The lowest BCUT2D eigenvalue weighted by Crippen LogP contribution is -2.49. The van der Waals surface area contributed by atoms with Crippen LogP contribution >= 0.6 is 11.3 Å². The van der Waals surface area contributed by atoms with Gasteiger partial charge in [-0.25, -0.2) is 4.68 Å². The molecular weight excluding hydrogens is 298 g/mol. The summed E-state index contributed by atoms with van der Waals surface area (Å²) in [5.74, 6) is 0.513. The van der Waals surface area contributed by atoms with Gasteiger partial charge in [-0.3, -0.25) is 9.69 Å². The van der Waals surface area contributed by atoms with E-state index in [-0.39, 0.29) is 5.56 Å². The first-order valence-corrected chi connectivity index (χ1v) is 8.60. The van der Waals surface area contributed by atoms with E-state index in [0.29, 0.717) is 5.92 Å². The zero-order valence-corrected chi connectivity index (χ0v) is 13.5. The molecule has 0 saturated carbocycles. The molecule has 0 amide bonds. The van der Waals surface area contributed by atoms with Crippen LogP contribution in [-0.4, -0.2) is 38.0 Å². The molecule has 1 aliphatic heterocycles. The van der Waals surface area contributed by atoms with Crippen molar-refractivity contribution in [3.63, 3.8) is 0 Å². The molecule has 2 aromatic heterocycles. The van der Waals surface area contributed by atoms with Crippen LogP contribution < -0.4 is 5.56 Å². The van der Waals surface area contributed by atoms with E-state index in [1.54, 1.807) is 22.1 Å². The number of likely N-dealkylation sites (tertiary alicyclic amines) is 1. The molecule has 1 fully saturated rings. The highest BCUT2D eigenvalue weighted by atomic mass is 32.1. The van der Waals surface area contributed by atoms with E-state index < -0.39 is 0 Å². The summed E-state index contributed by atoms with van der Waals surface area (Å²) in [4.78, 5) is 14.5. The van der Waals surface area contributed by atoms with Crippen LogP contribution in [0.1, 0.15) is 27.7 Å². The molecule has 0 atom stereocenters. The molecule has 0 radical (unpaired) electrons. The lowest BCUT2D eigenvalue weighted by molar-refractivity contribution is 0.0762. The number of rotatable bonds is 4. The van der Waals surface area contributed by atoms with E-state index in [9.17, 15) is 4.79 Å². The molecule has 0 unspecified atom stereocenters. The molecule has 22 heavy (non-hydrogen) atoms. The number of hydrogen-bond acceptors (Lipinski definition) is 6. The zero-order valence-electron chi connectivity index (χ0n) is 12.7. The van der Waals surface area contributed by atoms with Crippen molar-refractivity contribution in [1.82, 2.24) is 24.9 Å². The summed E-state index contributed by atoms with van der Waals surface area (Å²) in [5.41, 5.74) is 2.34. The van der Waals surface area contributed by atoms with Crippen LogP contribution in [0.25, 0.3) is 0 Å². The summed E-state index contributed by atoms with van der Waals surface area (Å²) in [6.07, 6.45) is 3.16. The van der Waals surface area contributed by atoms with Crippen LogP contribution in [0.4, 0.5) is 0 Å². The Labute approximate surface area is 132 Å². The summed E-state index contributed by atoms with van der Waals surface area (Å²) < 4.78 is 1.67. The molecule has 0 bridgehead atoms. The molecule has 1 aliphatic carbocycles. The van der Waals surface area contributed by atoms with Crippen LogP contribution in [0.15, 0.2) is 10.9 Å². The van der Waals surface area contributed by atoms with Gasteiger partial charge in [0.25, 0.3) is 5.56 Å². The van der Waals surface area contributed by atoms with Gasteiger partial charge in [0.2, 0.25) is 0 Å². The fourth-order valence-electron chi connectivity index (χ4n) is 3.33. The van der Waals surface area contributed by atoms with Crippen LogP contribution in [0, 0.1) is 12.8 Å². The van der Waals surface area contributed by atoms with Gasteiger partial charge < -0.3 is 0 Å². The molecule has 116 valence electrons. The highest BCUT2D eigenvalue weighted by molar-refractivity contribution is 7.11. The van der Waals surface area contributed by atoms with Gasteiger partial charge in [-0.1, -0.05) is 0 Å². The van der Waals surface area contributed by atoms with E-state index in [0.717, 1.165) is 66.7 Å². The molecule has 7 heteroatoms. The molecule has 3 heterocycles. The monoisotopic (exact) mass is 317 g/mol. The molecule has 2 aromatic rings. The fraction of sp³-hybridized carbons (Fsp3) is 0.600. The third-order valence-electron chi connectivity index (χ3n) is 4.41. The van der Waals surface area contributed by atoms with Gasteiger partial charge in [0, 0.05) is 25.1 Å². The Kier molecular flexibility index (Phi) is 3.54. The standard InChI is InChI=1S/C15H19N5OS/c1-10-16-17-14(22-10)9-19-6-11(7-19)8-20-15(21)5-12-3-2-4-13(12)18-20/h5,11H,2-4,6-9H2,1H3. The lowest BCUT2D eigenvalue weighted by Gasteiger charge is -2.38. The molecular formula is C15H19N5OS. The van der Waals surface area contributed by atoms with Gasteiger partial charge in [-0.2, -0.15) is 5.10 Å². The second kappa shape index (κ2) is 5.55. The van der Waals surface area contributed by atoms with Gasteiger partial charge in [0.1, 0.15) is 10.0 Å². The van der Waals surface area contributed by atoms with Gasteiger partial charge in [0.15, 0.2) is 0 Å². The van der Waals surface area contributed by atoms with Gasteiger partial charge in [-0.05, 0) is 31.7 Å². The predicted molar refractivity (Wildman–Crippen MR) is 83.9 cm³/mol. The average molecular weight is 317 g/mol. The Morgan fingerprint density at radius 3 is 2.95 bits per heavy atom. The van der Waals surface area contributed by atoms with Crippen molar-refractivity contribution in [3.8, 4) is 0 Å². The van der Waals surface area contributed by atoms with E-state index in [1.807, 2.05) is 6.92 Å². The molecule has 2 aliphatic rings. The van der Waals surface area contributed by atoms with Crippen molar-refractivity contribution in [2.24, 2.45) is 5.92 Å². The van der Waals surface area contributed by atoms with Crippen molar-refractivity contribution < 1.29 is 0 Å². The smallest absolute Gasteiger partial charge is 0.267 e. The summed E-state index contributed by atoms with van der Waals surface area (Å²) >= 11 is 1.66. The Morgan fingerprint density at radius 1 is 1.32 bits per heavy atom. The Balaban J connectivity index is 1.35. The first-order valence-electron chi connectivity index (χ1n) is 7.78. The number of nitrogens with zero attached hydrogens (tertiary/aromatic N) is 5. The largest absolute Gasteiger partial charge is 0.296 e. The van der Waals surface area contributed by atoms with E-state index in [4.69, 9.17) is 0 Å². The third kappa shape index (κ3) is 2.70. The molecule has 0 N–H and O–H groups in total. The molecule has 0 spiro atoms. The highest BCUT2D eigenvalue weighted by Gasteiger charge is 2.28. The lowest BCUT2D eigenvalue weighted by atomic mass is 10.0. The van der Waals surface area contributed by atoms with Crippen LogP contribution in [0.5, 0.6) is 0 Å². The highest BCUT2D eigenvalue weighted by Crippen LogP contribution is 2.22. The Morgan fingerprint density at radius 2 is 2.18 bits per heavy atom. The minimum atomic E-state index is 0.0545. The summed E-state index contributed by atoms with van der Waals surface area (Å²) in [7, 11) is 0. The maximum atomic E-state index is 12.1. The van der Waals surface area contributed by atoms with Gasteiger partial charge in [-0.15, -0.1) is 21.5 Å². The van der Waals surface area contributed by atoms with E-state index in [2.05, 4.69) is 20.2 Å². The minimum absolute atomic E-state index is 0.0545. The van der Waals surface area contributed by atoms with Crippen LogP contribution in [0.3, 0.4) is 0 Å². The number of aryl methyl sites for hydroxylation is 3. The topological polar surface area (TPSA) is 63.9 Å². The zero-order chi connectivity index (χ0) is 15.1. The van der Waals surface area contributed by atoms with Crippen molar-refractivity contribution in [1.29, 1.82) is 0 Å². The first-order chi connectivity index (χ1) is 10.7. The molecule has 6 nitrogen and oxygen atoms in total.